The van der Waals surface area contributed by atoms with E-state index >= 15 is 0 Å². The number of hydrogen-bond acceptors (Lipinski definition) is 3. The van der Waals surface area contributed by atoms with E-state index in [1.165, 1.54) is 0 Å². The van der Waals surface area contributed by atoms with Crippen molar-refractivity contribution in [3.05, 3.63) is 42.1 Å². The molecule has 1 aromatic heterocycles. The van der Waals surface area contributed by atoms with Crippen LogP contribution in [0.5, 0.6) is 0 Å². The van der Waals surface area contributed by atoms with Gasteiger partial charge in [0.05, 0.1) is 5.52 Å². The Morgan fingerprint density at radius 2 is 2.12 bits per heavy atom. The maximum atomic E-state index is 5.45. The first-order chi connectivity index (χ1) is 8.31. The number of guanidine groups is 1. The van der Waals surface area contributed by atoms with E-state index in [0.29, 0.717) is 6.54 Å². The molecule has 5 N–H and O–H groups in total. The van der Waals surface area contributed by atoms with Crippen molar-refractivity contribution >= 4 is 16.9 Å². The molecular formula is C12H15N5. The van der Waals surface area contributed by atoms with Crippen molar-refractivity contribution in [1.29, 1.82) is 0 Å². The van der Waals surface area contributed by atoms with Gasteiger partial charge in [0, 0.05) is 18.1 Å². The Hall–Kier alpha value is -2.14. The Bertz CT molecular complexity index is 530. The lowest BCUT2D eigenvalue weighted by atomic mass is 10.1. The maximum absolute atomic E-state index is 5.45. The molecule has 5 nitrogen and oxygen atoms in total. The van der Waals surface area contributed by atoms with Crippen molar-refractivity contribution in [2.45, 2.75) is 6.42 Å². The third-order valence-electron chi connectivity index (χ3n) is 2.53. The molecule has 2 rings (SSSR count). The molecule has 0 saturated carbocycles. The van der Waals surface area contributed by atoms with Gasteiger partial charge >= 0.3 is 0 Å². The number of hydrogen-bond donors (Lipinski definition) is 3. The minimum Gasteiger partial charge on any atom is -0.369 e. The van der Waals surface area contributed by atoms with Gasteiger partial charge in [-0.25, -0.2) is 5.84 Å². The number of nitrogens with zero attached hydrogens (tertiary/aromatic N) is 2. The highest BCUT2D eigenvalue weighted by Gasteiger charge is 2.00. The molecule has 0 saturated heterocycles. The van der Waals surface area contributed by atoms with Crippen molar-refractivity contribution in [2.75, 3.05) is 6.54 Å². The van der Waals surface area contributed by atoms with Crippen LogP contribution in [-0.4, -0.2) is 17.5 Å². The highest BCUT2D eigenvalue weighted by Crippen LogP contribution is 2.16. The second-order valence-corrected chi connectivity index (χ2v) is 3.65. The van der Waals surface area contributed by atoms with Crippen LogP contribution < -0.4 is 17.0 Å². The lowest BCUT2D eigenvalue weighted by Gasteiger charge is -2.04. The molecule has 0 aliphatic carbocycles. The van der Waals surface area contributed by atoms with Crippen LogP contribution in [0.25, 0.3) is 10.9 Å². The Morgan fingerprint density at radius 3 is 2.94 bits per heavy atom. The van der Waals surface area contributed by atoms with Crippen LogP contribution in [0, 0.1) is 0 Å². The van der Waals surface area contributed by atoms with Crippen LogP contribution in [0.2, 0.25) is 0 Å². The Labute approximate surface area is 99.5 Å². The fourth-order valence-corrected chi connectivity index (χ4v) is 1.71. The van der Waals surface area contributed by atoms with Crippen molar-refractivity contribution < 1.29 is 0 Å². The molecule has 1 aromatic carbocycles. The summed E-state index contributed by atoms with van der Waals surface area (Å²) >= 11 is 0. The maximum Gasteiger partial charge on any atom is 0.203 e. The van der Waals surface area contributed by atoms with E-state index < -0.39 is 0 Å². The van der Waals surface area contributed by atoms with Crippen LogP contribution >= 0.6 is 0 Å². The van der Waals surface area contributed by atoms with Gasteiger partial charge in [0.1, 0.15) is 0 Å². The lowest BCUT2D eigenvalue weighted by Crippen LogP contribution is -2.37. The summed E-state index contributed by atoms with van der Waals surface area (Å²) in [5.74, 6) is 5.37. The molecule has 0 bridgehead atoms. The average Bonchev–Trinajstić information content (AvgIpc) is 2.39. The Kier molecular flexibility index (Phi) is 3.52. The number of rotatable bonds is 3. The van der Waals surface area contributed by atoms with Gasteiger partial charge in [0.2, 0.25) is 5.96 Å². The van der Waals surface area contributed by atoms with Crippen LogP contribution in [0.1, 0.15) is 5.56 Å². The van der Waals surface area contributed by atoms with E-state index in [1.807, 2.05) is 24.3 Å². The summed E-state index contributed by atoms with van der Waals surface area (Å²) in [5.41, 5.74) is 9.93. The molecule has 0 aliphatic rings. The van der Waals surface area contributed by atoms with Crippen LogP contribution in [0.3, 0.4) is 0 Å². The largest absolute Gasteiger partial charge is 0.369 e. The molecule has 2 aromatic rings. The third-order valence-corrected chi connectivity index (χ3v) is 2.53. The summed E-state index contributed by atoms with van der Waals surface area (Å²) in [4.78, 5) is 8.45. The first-order valence-electron chi connectivity index (χ1n) is 5.40. The zero-order valence-corrected chi connectivity index (χ0v) is 9.43. The first kappa shape index (κ1) is 11.3. The molecule has 0 fully saturated rings. The highest BCUT2D eigenvalue weighted by molar-refractivity contribution is 5.81. The summed E-state index contributed by atoms with van der Waals surface area (Å²) in [6.45, 7) is 0.589. The van der Waals surface area contributed by atoms with Gasteiger partial charge in [-0.1, -0.05) is 24.3 Å². The molecular weight excluding hydrogens is 214 g/mol. The molecule has 17 heavy (non-hydrogen) atoms. The minimum atomic E-state index is 0.248. The zero-order valence-electron chi connectivity index (χ0n) is 9.43. The zero-order chi connectivity index (χ0) is 12.1. The molecule has 0 unspecified atom stereocenters. The van der Waals surface area contributed by atoms with Crippen LogP contribution in [0.15, 0.2) is 41.5 Å². The first-order valence-corrected chi connectivity index (χ1v) is 5.40. The smallest absolute Gasteiger partial charge is 0.203 e. The summed E-state index contributed by atoms with van der Waals surface area (Å²) in [6, 6.07) is 10.1. The van der Waals surface area contributed by atoms with E-state index in [9.17, 15) is 0 Å². The van der Waals surface area contributed by atoms with E-state index in [2.05, 4.69) is 21.5 Å². The summed E-state index contributed by atoms with van der Waals surface area (Å²) in [6.07, 6.45) is 2.58. The van der Waals surface area contributed by atoms with Crippen molar-refractivity contribution in [1.82, 2.24) is 10.4 Å². The number of nitrogens with two attached hydrogens (primary N) is 2. The number of fused-ring (bicyclic) bond motifs is 1. The lowest BCUT2D eigenvalue weighted by molar-refractivity contribution is 0.926. The third kappa shape index (κ3) is 2.70. The SMILES string of the molecule is NNC(N)=NCCc1cccc2cccnc12. The molecule has 0 radical (unpaired) electrons. The summed E-state index contributed by atoms with van der Waals surface area (Å²) in [7, 11) is 0. The topological polar surface area (TPSA) is 89.3 Å². The fourth-order valence-electron chi connectivity index (χ4n) is 1.71. The van der Waals surface area contributed by atoms with Gasteiger partial charge in [-0.05, 0) is 18.1 Å². The van der Waals surface area contributed by atoms with Gasteiger partial charge in [-0.3, -0.25) is 15.4 Å². The summed E-state index contributed by atoms with van der Waals surface area (Å²) in [5, 5.41) is 1.14. The van der Waals surface area contributed by atoms with Crippen molar-refractivity contribution in [2.24, 2.45) is 16.6 Å². The van der Waals surface area contributed by atoms with Gasteiger partial charge in [-0.15, -0.1) is 0 Å². The van der Waals surface area contributed by atoms with E-state index in [1.54, 1.807) is 6.20 Å². The summed E-state index contributed by atoms with van der Waals surface area (Å²) < 4.78 is 0. The number of hydrazine groups is 1. The number of aliphatic imine (C=N–C) groups is 1. The number of benzene rings is 1. The quantitative estimate of drug-likeness (QED) is 0.310. The van der Waals surface area contributed by atoms with Gasteiger partial charge in [0.25, 0.3) is 0 Å². The van der Waals surface area contributed by atoms with Gasteiger partial charge in [0.15, 0.2) is 0 Å². The monoisotopic (exact) mass is 229 g/mol. The average molecular weight is 229 g/mol. The predicted octanol–water partition coefficient (Wildman–Crippen LogP) is 0.555. The molecule has 1 heterocycles. The molecule has 0 amide bonds. The van der Waals surface area contributed by atoms with Crippen LogP contribution in [-0.2, 0) is 6.42 Å². The molecule has 88 valence electrons. The number of aromatic nitrogens is 1. The van der Waals surface area contributed by atoms with E-state index in [-0.39, 0.29) is 5.96 Å². The van der Waals surface area contributed by atoms with E-state index in [0.717, 1.165) is 22.9 Å². The molecule has 0 atom stereocenters. The number of para-hydroxylation sites is 1. The Balaban J connectivity index is 2.19. The van der Waals surface area contributed by atoms with Crippen LogP contribution in [0.4, 0.5) is 0 Å². The highest BCUT2D eigenvalue weighted by atomic mass is 15.3. The normalized spacial score (nSPS) is 11.7. The number of nitrogens with one attached hydrogen (secondary N) is 1. The Morgan fingerprint density at radius 1 is 1.29 bits per heavy atom. The van der Waals surface area contributed by atoms with E-state index in [4.69, 9.17) is 11.6 Å². The fraction of sp³-hybridized carbons (Fsp3) is 0.167. The van der Waals surface area contributed by atoms with Crippen molar-refractivity contribution in [3.63, 3.8) is 0 Å². The van der Waals surface area contributed by atoms with Crippen molar-refractivity contribution in [3.8, 4) is 0 Å². The second-order valence-electron chi connectivity index (χ2n) is 3.65. The molecule has 0 aliphatic heterocycles. The molecule has 5 heteroatoms. The second kappa shape index (κ2) is 5.27. The van der Waals surface area contributed by atoms with Gasteiger partial charge in [-0.2, -0.15) is 0 Å². The molecule has 0 spiro atoms. The van der Waals surface area contributed by atoms with Gasteiger partial charge < -0.3 is 5.73 Å². The minimum absolute atomic E-state index is 0.248. The predicted molar refractivity (Wildman–Crippen MR) is 69.3 cm³/mol. The standard InChI is InChI=1S/C12H15N5/c13-12(17-14)16-8-6-10-4-1-3-9-5-2-7-15-11(9)10/h1-5,7H,6,8,14H2,(H3,13,16,17). The number of pyridine rings is 1.